The third kappa shape index (κ3) is 17.9. The first-order chi connectivity index (χ1) is 0. The fourth-order valence-electron chi connectivity index (χ4n) is 0. The second kappa shape index (κ2) is 22.4. The molecule has 0 spiro atoms. The predicted octanol–water partition coefficient (Wildman–Crippen LogP) is -14.4. The second-order valence-corrected chi connectivity index (χ2v) is 0. The Morgan fingerprint density at radius 1 is 0.600 bits per heavy atom. The van der Waals surface area contributed by atoms with E-state index >= 15 is 0 Å². The van der Waals surface area contributed by atoms with Gasteiger partial charge in [-0.05, 0) is 0 Å². The van der Waals surface area contributed by atoms with Gasteiger partial charge in [-0.2, -0.15) is 0 Å². The smallest absolute Gasteiger partial charge is 1.00 e. The van der Waals surface area contributed by atoms with Crippen LogP contribution in [0.1, 0.15) is 7.13 Å². The molecule has 0 bridgehead atoms. The molecule has 0 saturated heterocycles. The zero-order valence-corrected chi connectivity index (χ0v) is 17.2. The topological polar surface area (TPSA) is 0 Å². The van der Waals surface area contributed by atoms with Crippen LogP contribution in [0.5, 0.6) is 0 Å². The Morgan fingerprint density at radius 3 is 0.600 bits per heavy atom. The fraction of sp³-hybridized carbons (Fsp3) is 0. The molecule has 0 heterocycles. The van der Waals surface area contributed by atoms with Crippen LogP contribution in [0.3, 0.4) is 0 Å². The van der Waals surface area contributed by atoms with Crippen molar-refractivity contribution in [1.29, 1.82) is 0 Å². The zero-order chi connectivity index (χ0) is 0. The molecule has 0 aliphatic carbocycles. The van der Waals surface area contributed by atoms with Crippen LogP contribution in [-0.2, 0) is 0 Å². The molecule has 0 atom stereocenters. The van der Waals surface area contributed by atoms with Gasteiger partial charge in [0.25, 0.3) is 0 Å². The van der Waals surface area contributed by atoms with Crippen LogP contribution >= 0.6 is 0 Å². The second-order valence-electron chi connectivity index (χ2n) is 0. The molecule has 0 aromatic rings. The average Bonchev–Trinajstić information content (AvgIpc) is 0. The van der Waals surface area contributed by atoms with Crippen LogP contribution in [0.15, 0.2) is 0 Å². The summed E-state index contributed by atoms with van der Waals surface area (Å²) in [5.74, 6) is 0. The monoisotopic (exact) mass is 152 g/mol. The molecule has 0 rings (SSSR count). The predicted molar refractivity (Wildman–Crippen MR) is 5.56 cm³/mol. The molecule has 10 valence electrons. The SMILES string of the molecule is [H-].[H-].[H-].[H-].[H-].[K+].[K+].[Na+].[Na+].[Na+]. The van der Waals surface area contributed by atoms with E-state index in [-0.39, 0.29) is 199 Å². The first-order valence-electron chi connectivity index (χ1n) is 0. The molecule has 0 radical (unpaired) electrons. The van der Waals surface area contributed by atoms with Crippen LogP contribution in [-0.4, -0.2) is 0 Å². The maximum absolute atomic E-state index is 0. The summed E-state index contributed by atoms with van der Waals surface area (Å²) in [4.78, 5) is 0. The average molecular weight is 152 g/mol. The Bertz CT molecular complexity index is 14.9. The Hall–Kier alpha value is 6.27. The molecule has 0 unspecified atom stereocenters. The summed E-state index contributed by atoms with van der Waals surface area (Å²) in [7, 11) is 0. The van der Waals surface area contributed by atoms with Crippen molar-refractivity contribution >= 4 is 0 Å². The van der Waals surface area contributed by atoms with Gasteiger partial charge in [0.15, 0.2) is 0 Å². The molecule has 0 aromatic carbocycles. The minimum Gasteiger partial charge on any atom is -1.00 e. The molecule has 0 aromatic heterocycles. The molecular formula is H5K2Na3. The zero-order valence-electron chi connectivity index (χ0n) is 10.0. The molecule has 0 fully saturated rings. The first-order valence-corrected chi connectivity index (χ1v) is 0. The van der Waals surface area contributed by atoms with Gasteiger partial charge in [0.1, 0.15) is 0 Å². The molecular weight excluding hydrogens is 147 g/mol. The Morgan fingerprint density at radius 2 is 0.600 bits per heavy atom. The van der Waals surface area contributed by atoms with Crippen molar-refractivity contribution in [2.75, 3.05) is 0 Å². The summed E-state index contributed by atoms with van der Waals surface area (Å²) in [6.45, 7) is 0. The van der Waals surface area contributed by atoms with Crippen molar-refractivity contribution in [3.05, 3.63) is 0 Å². The Labute approximate surface area is 192 Å². The van der Waals surface area contributed by atoms with Gasteiger partial charge in [-0.15, -0.1) is 0 Å². The molecule has 0 aliphatic rings. The van der Waals surface area contributed by atoms with E-state index in [1.54, 1.807) is 0 Å². The molecule has 5 heavy (non-hydrogen) atoms. The summed E-state index contributed by atoms with van der Waals surface area (Å²) in [6.07, 6.45) is 0. The summed E-state index contributed by atoms with van der Waals surface area (Å²) in [6, 6.07) is 0. The Kier molecular flexibility index (Phi) is 136. The molecule has 0 aliphatic heterocycles. The van der Waals surface area contributed by atoms with Gasteiger partial charge < -0.3 is 7.13 Å². The van der Waals surface area contributed by atoms with Gasteiger partial charge in [0.2, 0.25) is 0 Å². The minimum absolute atomic E-state index is 0. The van der Waals surface area contributed by atoms with Crippen molar-refractivity contribution in [3.63, 3.8) is 0 Å². The van der Waals surface area contributed by atoms with Gasteiger partial charge in [0, 0.05) is 0 Å². The van der Waals surface area contributed by atoms with E-state index in [4.69, 9.17) is 0 Å². The summed E-state index contributed by atoms with van der Waals surface area (Å²) >= 11 is 0. The van der Waals surface area contributed by atoms with Crippen LogP contribution in [0.4, 0.5) is 0 Å². The number of hydrogen-bond acceptors (Lipinski definition) is 0. The molecule has 0 saturated carbocycles. The standard InChI is InChI=1S/2K.3Na.5H/q5*+1;5*-1. The van der Waals surface area contributed by atoms with Crippen molar-refractivity contribution in [2.24, 2.45) is 0 Å². The van der Waals surface area contributed by atoms with Gasteiger partial charge in [0.05, 0.1) is 0 Å². The van der Waals surface area contributed by atoms with Crippen LogP contribution < -0.4 is 191 Å². The molecule has 5 heteroatoms. The summed E-state index contributed by atoms with van der Waals surface area (Å²) < 4.78 is 0. The van der Waals surface area contributed by atoms with Crippen LogP contribution in [0.2, 0.25) is 0 Å². The number of rotatable bonds is 0. The summed E-state index contributed by atoms with van der Waals surface area (Å²) in [5, 5.41) is 0. The van der Waals surface area contributed by atoms with E-state index in [9.17, 15) is 0 Å². The van der Waals surface area contributed by atoms with Gasteiger partial charge in [-0.1, -0.05) is 0 Å². The maximum atomic E-state index is 0. The maximum Gasteiger partial charge on any atom is 1.00 e. The van der Waals surface area contributed by atoms with E-state index in [2.05, 4.69) is 0 Å². The van der Waals surface area contributed by atoms with Gasteiger partial charge >= 0.3 is 191 Å². The third-order valence-electron chi connectivity index (χ3n) is 0. The normalized spacial score (nSPS) is 0. The van der Waals surface area contributed by atoms with E-state index in [1.807, 2.05) is 0 Å². The molecule has 0 N–H and O–H groups in total. The van der Waals surface area contributed by atoms with Gasteiger partial charge in [-0.25, -0.2) is 0 Å². The minimum atomic E-state index is 0. The fourth-order valence-corrected chi connectivity index (χ4v) is 0. The van der Waals surface area contributed by atoms with E-state index < -0.39 is 0 Å². The molecule has 0 amide bonds. The van der Waals surface area contributed by atoms with Gasteiger partial charge in [-0.3, -0.25) is 0 Å². The summed E-state index contributed by atoms with van der Waals surface area (Å²) in [5.41, 5.74) is 0. The van der Waals surface area contributed by atoms with E-state index in [0.717, 1.165) is 0 Å². The molecule has 0 nitrogen and oxygen atoms in total. The van der Waals surface area contributed by atoms with Crippen molar-refractivity contribution in [1.82, 2.24) is 0 Å². The van der Waals surface area contributed by atoms with E-state index in [1.165, 1.54) is 0 Å². The Balaban J connectivity index is 0. The quantitative estimate of drug-likeness (QED) is 0.302. The van der Waals surface area contributed by atoms with Crippen molar-refractivity contribution in [2.45, 2.75) is 0 Å². The van der Waals surface area contributed by atoms with E-state index in [0.29, 0.717) is 0 Å². The first kappa shape index (κ1) is 30.2. The van der Waals surface area contributed by atoms with Crippen molar-refractivity contribution in [3.8, 4) is 0 Å². The van der Waals surface area contributed by atoms with Crippen LogP contribution in [0.25, 0.3) is 0 Å². The third-order valence-corrected chi connectivity index (χ3v) is 0. The number of hydrogen-bond donors (Lipinski definition) is 0. The largest absolute Gasteiger partial charge is 1.00 e. The van der Waals surface area contributed by atoms with Crippen LogP contribution in [0, 0.1) is 0 Å². The van der Waals surface area contributed by atoms with Crippen molar-refractivity contribution < 1.29 is 199 Å².